The maximum absolute atomic E-state index is 5.38. The smallest absolute Gasteiger partial charge is 0.148 e. The van der Waals surface area contributed by atoms with Gasteiger partial charge in [0.1, 0.15) is 12.4 Å². The molecule has 0 bridgehead atoms. The Morgan fingerprint density at radius 2 is 2.24 bits per heavy atom. The van der Waals surface area contributed by atoms with Crippen LogP contribution in [0, 0.1) is 18.3 Å². The van der Waals surface area contributed by atoms with E-state index in [-0.39, 0.29) is 0 Å². The Labute approximate surface area is 104 Å². The minimum Gasteiger partial charge on any atom is -0.481 e. The lowest BCUT2D eigenvalue weighted by Gasteiger charge is -2.08. The van der Waals surface area contributed by atoms with E-state index in [1.807, 2.05) is 18.2 Å². The zero-order valence-electron chi connectivity index (χ0n) is 10.7. The minimum atomic E-state index is 0.324. The van der Waals surface area contributed by atoms with Crippen LogP contribution < -0.4 is 10.1 Å². The Bertz CT molecular complexity index is 365. The number of terminal acetylenes is 1. The monoisotopic (exact) mass is 231 g/mol. The van der Waals surface area contributed by atoms with Crippen LogP contribution in [0.2, 0.25) is 0 Å². The first-order valence-corrected chi connectivity index (χ1v) is 6.08. The predicted octanol–water partition coefficient (Wildman–Crippen LogP) is 2.83. The van der Waals surface area contributed by atoms with Crippen molar-refractivity contribution in [1.82, 2.24) is 5.32 Å². The molecule has 1 rings (SSSR count). The first-order valence-electron chi connectivity index (χ1n) is 6.08. The average Bonchev–Trinajstić information content (AvgIpc) is 2.32. The lowest BCUT2D eigenvalue weighted by molar-refractivity contribution is 0.370. The van der Waals surface area contributed by atoms with Gasteiger partial charge in [-0.3, -0.25) is 0 Å². The van der Waals surface area contributed by atoms with Gasteiger partial charge in [0, 0.05) is 6.54 Å². The molecule has 0 radical (unpaired) electrons. The minimum absolute atomic E-state index is 0.324. The molecule has 0 spiro atoms. The second-order valence-electron chi connectivity index (χ2n) is 4.50. The molecule has 0 aliphatic rings. The summed E-state index contributed by atoms with van der Waals surface area (Å²) in [5.74, 6) is 4.04. The van der Waals surface area contributed by atoms with E-state index in [2.05, 4.69) is 31.2 Å². The third kappa shape index (κ3) is 5.99. The Balaban J connectivity index is 2.35. The fraction of sp³-hybridized carbons (Fsp3) is 0.467. The van der Waals surface area contributed by atoms with Crippen LogP contribution >= 0.6 is 0 Å². The summed E-state index contributed by atoms with van der Waals surface area (Å²) >= 11 is 0. The van der Waals surface area contributed by atoms with Gasteiger partial charge in [-0.15, -0.1) is 6.42 Å². The van der Waals surface area contributed by atoms with Crippen molar-refractivity contribution < 1.29 is 4.74 Å². The molecule has 1 aromatic carbocycles. The van der Waals surface area contributed by atoms with Gasteiger partial charge in [0.25, 0.3) is 0 Å². The number of ether oxygens (including phenoxy) is 1. The topological polar surface area (TPSA) is 21.3 Å². The molecule has 0 atom stereocenters. The Morgan fingerprint density at radius 3 is 2.94 bits per heavy atom. The fourth-order valence-electron chi connectivity index (χ4n) is 1.49. The number of nitrogens with one attached hydrogen (secondary N) is 1. The molecular weight excluding hydrogens is 210 g/mol. The van der Waals surface area contributed by atoms with Gasteiger partial charge in [-0.25, -0.2) is 0 Å². The van der Waals surface area contributed by atoms with Gasteiger partial charge in [-0.2, -0.15) is 0 Å². The summed E-state index contributed by atoms with van der Waals surface area (Å²) in [7, 11) is 0. The van der Waals surface area contributed by atoms with Crippen LogP contribution in [0.1, 0.15) is 25.8 Å². The SMILES string of the molecule is C#CCOc1cccc(CNCCC(C)C)c1. The van der Waals surface area contributed by atoms with Crippen LogP contribution in [-0.2, 0) is 6.54 Å². The molecule has 0 amide bonds. The van der Waals surface area contributed by atoms with Crippen molar-refractivity contribution in [3.05, 3.63) is 29.8 Å². The number of hydrogen-bond donors (Lipinski definition) is 1. The Kier molecular flexibility index (Phi) is 6.21. The van der Waals surface area contributed by atoms with Gasteiger partial charge < -0.3 is 10.1 Å². The van der Waals surface area contributed by atoms with Crippen LogP contribution in [0.15, 0.2) is 24.3 Å². The van der Waals surface area contributed by atoms with Crippen LogP contribution in [0.4, 0.5) is 0 Å². The first-order chi connectivity index (χ1) is 8.22. The summed E-state index contributed by atoms with van der Waals surface area (Å²) in [5, 5.41) is 3.42. The summed E-state index contributed by atoms with van der Waals surface area (Å²) in [5.41, 5.74) is 1.23. The molecule has 2 nitrogen and oxygen atoms in total. The van der Waals surface area contributed by atoms with E-state index in [4.69, 9.17) is 11.2 Å². The second-order valence-corrected chi connectivity index (χ2v) is 4.50. The van der Waals surface area contributed by atoms with E-state index in [0.717, 1.165) is 24.8 Å². The molecule has 92 valence electrons. The molecule has 2 heteroatoms. The predicted molar refractivity (Wildman–Crippen MR) is 71.9 cm³/mol. The van der Waals surface area contributed by atoms with Crippen LogP contribution in [-0.4, -0.2) is 13.2 Å². The average molecular weight is 231 g/mol. The second kappa shape index (κ2) is 7.76. The molecule has 17 heavy (non-hydrogen) atoms. The van der Waals surface area contributed by atoms with Crippen molar-refractivity contribution in [1.29, 1.82) is 0 Å². The molecule has 0 heterocycles. The summed E-state index contributed by atoms with van der Waals surface area (Å²) in [6.07, 6.45) is 6.36. The van der Waals surface area contributed by atoms with Crippen molar-refractivity contribution in [2.75, 3.05) is 13.2 Å². The van der Waals surface area contributed by atoms with E-state index in [1.165, 1.54) is 12.0 Å². The molecule has 0 unspecified atom stereocenters. The zero-order valence-corrected chi connectivity index (χ0v) is 10.7. The third-order valence-corrected chi connectivity index (χ3v) is 2.45. The van der Waals surface area contributed by atoms with Crippen molar-refractivity contribution >= 4 is 0 Å². The largest absolute Gasteiger partial charge is 0.481 e. The van der Waals surface area contributed by atoms with Gasteiger partial charge in [0.05, 0.1) is 0 Å². The van der Waals surface area contributed by atoms with Crippen LogP contribution in [0.5, 0.6) is 5.75 Å². The van der Waals surface area contributed by atoms with Gasteiger partial charge in [-0.1, -0.05) is 31.9 Å². The molecule has 1 aromatic rings. The van der Waals surface area contributed by atoms with Gasteiger partial charge in [-0.05, 0) is 36.6 Å². The lowest BCUT2D eigenvalue weighted by Crippen LogP contribution is -2.16. The summed E-state index contributed by atoms with van der Waals surface area (Å²) < 4.78 is 5.38. The summed E-state index contributed by atoms with van der Waals surface area (Å²) in [6.45, 7) is 6.71. The van der Waals surface area contributed by atoms with E-state index in [9.17, 15) is 0 Å². The third-order valence-electron chi connectivity index (χ3n) is 2.45. The van der Waals surface area contributed by atoms with Crippen LogP contribution in [0.25, 0.3) is 0 Å². The highest BCUT2D eigenvalue weighted by Gasteiger charge is 1.97. The van der Waals surface area contributed by atoms with Crippen molar-refractivity contribution in [2.45, 2.75) is 26.8 Å². The van der Waals surface area contributed by atoms with E-state index in [1.54, 1.807) is 0 Å². The molecular formula is C15H21NO. The van der Waals surface area contributed by atoms with Crippen molar-refractivity contribution in [2.24, 2.45) is 5.92 Å². The maximum atomic E-state index is 5.38. The first kappa shape index (κ1) is 13.6. The molecule has 1 N–H and O–H groups in total. The molecule has 0 aromatic heterocycles. The summed E-state index contributed by atoms with van der Waals surface area (Å²) in [6, 6.07) is 8.03. The van der Waals surface area contributed by atoms with E-state index >= 15 is 0 Å². The highest BCUT2D eigenvalue weighted by Crippen LogP contribution is 2.13. The number of hydrogen-bond acceptors (Lipinski definition) is 2. The quantitative estimate of drug-likeness (QED) is 0.575. The molecule has 0 saturated carbocycles. The fourth-order valence-corrected chi connectivity index (χ4v) is 1.49. The summed E-state index contributed by atoms with van der Waals surface area (Å²) in [4.78, 5) is 0. The van der Waals surface area contributed by atoms with Gasteiger partial charge in [0.2, 0.25) is 0 Å². The standard InChI is InChI=1S/C15H21NO/c1-4-10-17-15-7-5-6-14(11-15)12-16-9-8-13(2)3/h1,5-7,11,13,16H,8-10,12H2,2-3H3. The highest BCUT2D eigenvalue weighted by atomic mass is 16.5. The normalized spacial score (nSPS) is 10.2. The van der Waals surface area contributed by atoms with Crippen LogP contribution in [0.3, 0.4) is 0 Å². The van der Waals surface area contributed by atoms with Gasteiger partial charge in [0.15, 0.2) is 0 Å². The van der Waals surface area contributed by atoms with Gasteiger partial charge >= 0.3 is 0 Å². The molecule has 0 aliphatic carbocycles. The number of rotatable bonds is 7. The number of benzene rings is 1. The van der Waals surface area contributed by atoms with Crippen molar-refractivity contribution in [3.63, 3.8) is 0 Å². The highest BCUT2D eigenvalue weighted by molar-refractivity contribution is 5.28. The molecule has 0 aliphatic heterocycles. The Hall–Kier alpha value is -1.46. The van der Waals surface area contributed by atoms with E-state index < -0.39 is 0 Å². The molecule has 0 fully saturated rings. The Morgan fingerprint density at radius 1 is 1.41 bits per heavy atom. The zero-order chi connectivity index (χ0) is 12.5. The maximum Gasteiger partial charge on any atom is 0.148 e. The lowest BCUT2D eigenvalue weighted by atomic mass is 10.1. The van der Waals surface area contributed by atoms with Crippen molar-refractivity contribution in [3.8, 4) is 18.1 Å². The molecule has 0 saturated heterocycles. The van der Waals surface area contributed by atoms with E-state index in [0.29, 0.717) is 6.61 Å².